The van der Waals surface area contributed by atoms with Crippen LogP contribution >= 0.6 is 0 Å². The predicted octanol–water partition coefficient (Wildman–Crippen LogP) is 0.661. The van der Waals surface area contributed by atoms with E-state index in [9.17, 15) is 0 Å². The number of rotatable bonds is 2. The summed E-state index contributed by atoms with van der Waals surface area (Å²) in [5.74, 6) is 0. The monoisotopic (exact) mass is 175 g/mol. The van der Waals surface area contributed by atoms with Gasteiger partial charge in [0.25, 0.3) is 0 Å². The van der Waals surface area contributed by atoms with Crippen LogP contribution in [0.1, 0.15) is 0 Å². The van der Waals surface area contributed by atoms with Gasteiger partial charge in [0.15, 0.2) is 6.47 Å². The van der Waals surface area contributed by atoms with E-state index in [4.69, 9.17) is 4.79 Å². The van der Waals surface area contributed by atoms with Gasteiger partial charge in [0.2, 0.25) is 0 Å². The van der Waals surface area contributed by atoms with E-state index in [0.29, 0.717) is 0 Å². The van der Waals surface area contributed by atoms with E-state index in [1.165, 1.54) is 0 Å². The van der Waals surface area contributed by atoms with Crippen molar-refractivity contribution >= 4 is 6.47 Å². The van der Waals surface area contributed by atoms with Crippen LogP contribution < -0.4 is 0 Å². The van der Waals surface area contributed by atoms with Crippen molar-refractivity contribution in [3.63, 3.8) is 0 Å². The minimum atomic E-state index is 0. The second kappa shape index (κ2) is 16.2. The summed E-state index contributed by atoms with van der Waals surface area (Å²) in [6, 6.07) is 0. The molecule has 0 atom stereocenters. The van der Waals surface area contributed by atoms with Crippen molar-refractivity contribution in [2.75, 3.05) is 0 Å². The van der Waals surface area contributed by atoms with Crippen LogP contribution in [0.5, 0.6) is 0 Å². The van der Waals surface area contributed by atoms with Gasteiger partial charge in [-0.25, -0.2) is 0 Å². The van der Waals surface area contributed by atoms with E-state index >= 15 is 0 Å². The fourth-order valence-electron chi connectivity index (χ4n) is 0.0340. The molecule has 2 nitrogen and oxygen atoms in total. The van der Waals surface area contributed by atoms with Gasteiger partial charge in [0.1, 0.15) is 0 Å². The third-order valence-electron chi connectivity index (χ3n) is 0.131. The molecule has 0 N–H and O–H groups in total. The standard InChI is InChI=1S/C3H3O2.CH3.Y/c1-2-5-3-4;;/h2H,1H2;1H3;/q2*-1;. The van der Waals surface area contributed by atoms with Crippen molar-refractivity contribution < 1.29 is 42.2 Å². The summed E-state index contributed by atoms with van der Waals surface area (Å²) in [7, 11) is 0. The summed E-state index contributed by atoms with van der Waals surface area (Å²) >= 11 is 0. The second-order valence-electron chi connectivity index (χ2n) is 0.368. The molecule has 0 spiro atoms. The summed E-state index contributed by atoms with van der Waals surface area (Å²) in [6.45, 7) is 4.22. The summed E-state index contributed by atoms with van der Waals surface area (Å²) in [5.41, 5.74) is 0. The number of hydrogen-bond acceptors (Lipinski definition) is 2. The van der Waals surface area contributed by atoms with Gasteiger partial charge in [-0.05, 0) is 0 Å². The van der Waals surface area contributed by atoms with Gasteiger partial charge in [-0.2, -0.15) is 0 Å². The van der Waals surface area contributed by atoms with Crippen molar-refractivity contribution in [1.29, 1.82) is 0 Å². The van der Waals surface area contributed by atoms with Gasteiger partial charge in [-0.15, -0.1) is 6.58 Å². The quantitative estimate of drug-likeness (QED) is 0.455. The van der Waals surface area contributed by atoms with Crippen LogP contribution in [-0.2, 0) is 42.2 Å². The Morgan fingerprint density at radius 2 is 2.14 bits per heavy atom. The third kappa shape index (κ3) is 21.9. The van der Waals surface area contributed by atoms with Crippen molar-refractivity contribution in [2.24, 2.45) is 0 Å². The molecule has 0 aromatic rings. The first-order valence-corrected chi connectivity index (χ1v) is 1.05. The van der Waals surface area contributed by atoms with Crippen LogP contribution in [-0.4, -0.2) is 6.47 Å². The Morgan fingerprint density at radius 3 is 2.14 bits per heavy atom. The molecule has 0 heterocycles. The SMILES string of the molecule is C=CO[C-]=O.[CH3-].[Y]. The van der Waals surface area contributed by atoms with E-state index in [1.807, 2.05) is 0 Å². The normalized spacial score (nSPS) is 4.00. The topological polar surface area (TPSA) is 26.3 Å². The Morgan fingerprint density at radius 1 is 1.71 bits per heavy atom. The molecular weight excluding hydrogens is 169 g/mol. The van der Waals surface area contributed by atoms with Crippen molar-refractivity contribution in [2.45, 2.75) is 0 Å². The van der Waals surface area contributed by atoms with Gasteiger partial charge < -0.3 is 17.0 Å². The average molecular weight is 175 g/mol. The van der Waals surface area contributed by atoms with Crippen LogP contribution in [0, 0.1) is 7.43 Å². The molecule has 0 bridgehead atoms. The third-order valence-corrected chi connectivity index (χ3v) is 0.131. The summed E-state index contributed by atoms with van der Waals surface area (Å²) in [6.07, 6.45) is 1.01. The van der Waals surface area contributed by atoms with Crippen molar-refractivity contribution in [3.05, 3.63) is 20.3 Å². The molecule has 0 aliphatic carbocycles. The minimum absolute atomic E-state index is 0. The molecule has 0 unspecified atom stereocenters. The second-order valence-corrected chi connectivity index (χ2v) is 0.368. The molecule has 0 aliphatic heterocycles. The van der Waals surface area contributed by atoms with Gasteiger partial charge in [-0.3, -0.25) is 0 Å². The summed E-state index contributed by atoms with van der Waals surface area (Å²) in [4.78, 5) is 8.99. The van der Waals surface area contributed by atoms with Crippen LogP contribution in [0.2, 0.25) is 0 Å². The van der Waals surface area contributed by atoms with Gasteiger partial charge in [0, 0.05) is 32.7 Å². The molecule has 7 heavy (non-hydrogen) atoms. The van der Waals surface area contributed by atoms with E-state index in [2.05, 4.69) is 11.3 Å². The maximum Gasteiger partial charge on any atom is 0.169 e. The molecule has 0 saturated heterocycles. The van der Waals surface area contributed by atoms with Crippen molar-refractivity contribution in [1.82, 2.24) is 0 Å². The fraction of sp³-hybridized carbons (Fsp3) is 0. The Kier molecular flexibility index (Phi) is 36.3. The molecule has 0 aliphatic rings. The minimum Gasteiger partial charge on any atom is -0.617 e. The zero-order valence-electron chi connectivity index (χ0n) is 4.18. The van der Waals surface area contributed by atoms with E-state index in [1.54, 1.807) is 0 Å². The molecule has 0 fully saturated rings. The van der Waals surface area contributed by atoms with Gasteiger partial charge in [-0.1, -0.05) is 6.26 Å². The zero-order chi connectivity index (χ0) is 4.12. The Labute approximate surface area is 68.8 Å². The van der Waals surface area contributed by atoms with Crippen LogP contribution in [0.3, 0.4) is 0 Å². The molecule has 0 aromatic heterocycles. The Bertz CT molecular complexity index is 39.0. The molecular formula is C4H6O2Y-2. The van der Waals surface area contributed by atoms with E-state index in [-0.39, 0.29) is 40.1 Å². The number of ether oxygens (including phenoxy) is 1. The van der Waals surface area contributed by atoms with Gasteiger partial charge >= 0.3 is 0 Å². The van der Waals surface area contributed by atoms with Crippen LogP contribution in [0.4, 0.5) is 0 Å². The summed E-state index contributed by atoms with van der Waals surface area (Å²) < 4.78 is 3.79. The first-order valence-electron chi connectivity index (χ1n) is 1.05. The first kappa shape index (κ1) is 15.7. The predicted molar refractivity (Wildman–Crippen MR) is 23.4 cm³/mol. The average Bonchev–Trinajstić information content (AvgIpc) is 1.41. The molecule has 0 amide bonds. The molecule has 0 rings (SSSR count). The molecule has 0 aromatic carbocycles. The van der Waals surface area contributed by atoms with Crippen LogP contribution in [0.25, 0.3) is 0 Å². The Hall–Kier alpha value is 0.314. The van der Waals surface area contributed by atoms with E-state index in [0.717, 1.165) is 12.7 Å². The van der Waals surface area contributed by atoms with Crippen molar-refractivity contribution in [3.8, 4) is 0 Å². The Balaban J connectivity index is -0.0000000800. The molecule has 0 saturated carbocycles. The molecule has 1 radical (unpaired) electrons. The largest absolute Gasteiger partial charge is 0.617 e. The fourth-order valence-corrected chi connectivity index (χ4v) is 0.0340. The maximum absolute atomic E-state index is 8.99. The maximum atomic E-state index is 8.99. The molecule has 3 heteroatoms. The number of carbonyl (C=O) groups excluding carboxylic acids is 1. The number of hydrogen-bond donors (Lipinski definition) is 0. The smallest absolute Gasteiger partial charge is 0.169 e. The molecule has 39 valence electrons. The zero-order valence-corrected chi connectivity index (χ0v) is 7.02. The summed E-state index contributed by atoms with van der Waals surface area (Å²) in [5, 5.41) is 0. The van der Waals surface area contributed by atoms with Crippen LogP contribution in [0.15, 0.2) is 12.8 Å². The first-order chi connectivity index (χ1) is 2.41. The van der Waals surface area contributed by atoms with E-state index < -0.39 is 0 Å². The van der Waals surface area contributed by atoms with Gasteiger partial charge in [0.05, 0.1) is 0 Å².